The number of hydrogen-bond acceptors (Lipinski definition) is 3. The molecule has 4 nitrogen and oxygen atoms in total. The van der Waals surface area contributed by atoms with Gasteiger partial charge < -0.3 is 10.1 Å². The van der Waals surface area contributed by atoms with Crippen LogP contribution in [0.25, 0.3) is 6.08 Å². The van der Waals surface area contributed by atoms with Crippen LogP contribution in [0.2, 0.25) is 0 Å². The summed E-state index contributed by atoms with van der Waals surface area (Å²) in [5.41, 5.74) is 1.68. The minimum absolute atomic E-state index is 0.198. The standard InChI is InChI=1S/C22H19FN2O2/c1-16(25-22(26)10-7-17-5-8-19(23)9-6-17)18-3-2-4-21(15-18)27-20-11-13-24-14-12-20/h2-16H,1H3,(H,25,26)/b10-7+/t16-/m0/s1. The lowest BCUT2D eigenvalue weighted by molar-refractivity contribution is -0.117. The maximum atomic E-state index is 12.9. The van der Waals surface area contributed by atoms with Crippen LogP contribution in [0.15, 0.2) is 79.1 Å². The second-order valence-electron chi connectivity index (χ2n) is 5.97. The number of amides is 1. The Labute approximate surface area is 157 Å². The van der Waals surface area contributed by atoms with Crippen molar-refractivity contribution < 1.29 is 13.9 Å². The van der Waals surface area contributed by atoms with E-state index in [-0.39, 0.29) is 17.8 Å². The fourth-order valence-electron chi connectivity index (χ4n) is 2.48. The second kappa shape index (κ2) is 8.76. The highest BCUT2D eigenvalue weighted by Gasteiger charge is 2.09. The van der Waals surface area contributed by atoms with Gasteiger partial charge >= 0.3 is 0 Å². The number of ether oxygens (including phenoxy) is 1. The summed E-state index contributed by atoms with van der Waals surface area (Å²) in [6.45, 7) is 1.90. The van der Waals surface area contributed by atoms with E-state index in [1.807, 2.05) is 31.2 Å². The molecule has 0 unspecified atom stereocenters. The van der Waals surface area contributed by atoms with Gasteiger partial charge in [-0.05, 0) is 60.5 Å². The predicted molar refractivity (Wildman–Crippen MR) is 103 cm³/mol. The normalized spacial score (nSPS) is 11.9. The fraction of sp³-hybridized carbons (Fsp3) is 0.0909. The van der Waals surface area contributed by atoms with Crippen LogP contribution in [-0.2, 0) is 4.79 Å². The van der Waals surface area contributed by atoms with Gasteiger partial charge in [0.1, 0.15) is 17.3 Å². The zero-order valence-corrected chi connectivity index (χ0v) is 14.8. The summed E-state index contributed by atoms with van der Waals surface area (Å²) in [7, 11) is 0. The number of rotatable bonds is 6. The molecule has 0 saturated heterocycles. The SMILES string of the molecule is C[C@H](NC(=O)/C=C/c1ccc(F)cc1)c1cccc(Oc2ccncc2)c1. The third-order valence-corrected chi connectivity index (χ3v) is 3.90. The van der Waals surface area contributed by atoms with Crippen LogP contribution in [0.4, 0.5) is 4.39 Å². The number of carbonyl (C=O) groups excluding carboxylic acids is 1. The first-order valence-electron chi connectivity index (χ1n) is 8.52. The second-order valence-corrected chi connectivity index (χ2v) is 5.97. The van der Waals surface area contributed by atoms with Gasteiger partial charge in [0.2, 0.25) is 5.91 Å². The number of nitrogens with zero attached hydrogens (tertiary/aromatic N) is 1. The Balaban J connectivity index is 1.61. The molecule has 1 heterocycles. The molecular formula is C22H19FN2O2. The molecule has 0 saturated carbocycles. The Bertz CT molecular complexity index is 925. The summed E-state index contributed by atoms with van der Waals surface area (Å²) in [6.07, 6.45) is 6.40. The van der Waals surface area contributed by atoms with Crippen molar-refractivity contribution >= 4 is 12.0 Å². The quantitative estimate of drug-likeness (QED) is 0.634. The van der Waals surface area contributed by atoms with Crippen molar-refractivity contribution in [3.63, 3.8) is 0 Å². The van der Waals surface area contributed by atoms with E-state index in [0.29, 0.717) is 11.5 Å². The highest BCUT2D eigenvalue weighted by atomic mass is 19.1. The minimum Gasteiger partial charge on any atom is -0.457 e. The summed E-state index contributed by atoms with van der Waals surface area (Å²) in [5.74, 6) is 0.842. The number of nitrogens with one attached hydrogen (secondary N) is 1. The van der Waals surface area contributed by atoms with Gasteiger partial charge in [0.25, 0.3) is 0 Å². The third kappa shape index (κ3) is 5.51. The number of carbonyl (C=O) groups is 1. The van der Waals surface area contributed by atoms with E-state index in [2.05, 4.69) is 10.3 Å². The lowest BCUT2D eigenvalue weighted by Crippen LogP contribution is -2.24. The molecule has 0 bridgehead atoms. The molecule has 136 valence electrons. The van der Waals surface area contributed by atoms with Gasteiger partial charge in [-0.15, -0.1) is 0 Å². The maximum Gasteiger partial charge on any atom is 0.244 e. The van der Waals surface area contributed by atoms with Gasteiger partial charge in [-0.2, -0.15) is 0 Å². The van der Waals surface area contributed by atoms with E-state index in [0.717, 1.165) is 11.1 Å². The monoisotopic (exact) mass is 362 g/mol. The van der Waals surface area contributed by atoms with Gasteiger partial charge in [-0.25, -0.2) is 4.39 Å². The molecule has 3 aromatic rings. The molecular weight excluding hydrogens is 343 g/mol. The van der Waals surface area contributed by atoms with Crippen molar-refractivity contribution in [1.82, 2.24) is 10.3 Å². The fourth-order valence-corrected chi connectivity index (χ4v) is 2.48. The molecule has 5 heteroatoms. The molecule has 1 N–H and O–H groups in total. The van der Waals surface area contributed by atoms with Crippen LogP contribution in [-0.4, -0.2) is 10.9 Å². The van der Waals surface area contributed by atoms with Gasteiger partial charge in [-0.1, -0.05) is 24.3 Å². The molecule has 3 rings (SSSR count). The first-order valence-corrected chi connectivity index (χ1v) is 8.52. The number of benzene rings is 2. The average molecular weight is 362 g/mol. The molecule has 0 aliphatic heterocycles. The topological polar surface area (TPSA) is 51.2 Å². The lowest BCUT2D eigenvalue weighted by atomic mass is 10.1. The average Bonchev–Trinajstić information content (AvgIpc) is 2.68. The largest absolute Gasteiger partial charge is 0.457 e. The van der Waals surface area contributed by atoms with Crippen molar-refractivity contribution in [1.29, 1.82) is 0 Å². The Hall–Kier alpha value is -3.47. The van der Waals surface area contributed by atoms with Crippen molar-refractivity contribution in [2.45, 2.75) is 13.0 Å². The third-order valence-electron chi connectivity index (χ3n) is 3.90. The summed E-state index contributed by atoms with van der Waals surface area (Å²) < 4.78 is 18.7. The van der Waals surface area contributed by atoms with E-state index in [1.54, 1.807) is 42.7 Å². The molecule has 1 atom stereocenters. The van der Waals surface area contributed by atoms with Crippen molar-refractivity contribution in [2.75, 3.05) is 0 Å². The number of halogens is 1. The maximum absolute atomic E-state index is 12.9. The Morgan fingerprint density at radius 1 is 1.07 bits per heavy atom. The van der Waals surface area contributed by atoms with Crippen LogP contribution >= 0.6 is 0 Å². The van der Waals surface area contributed by atoms with E-state index in [9.17, 15) is 9.18 Å². The summed E-state index contributed by atoms with van der Waals surface area (Å²) in [6, 6.07) is 16.8. The smallest absolute Gasteiger partial charge is 0.244 e. The first kappa shape index (κ1) is 18.3. The number of aromatic nitrogens is 1. The van der Waals surface area contributed by atoms with Gasteiger partial charge in [0, 0.05) is 18.5 Å². The van der Waals surface area contributed by atoms with E-state index in [4.69, 9.17) is 4.74 Å². The molecule has 27 heavy (non-hydrogen) atoms. The lowest BCUT2D eigenvalue weighted by Gasteiger charge is -2.14. The molecule has 0 spiro atoms. The molecule has 0 radical (unpaired) electrons. The van der Waals surface area contributed by atoms with Crippen molar-refractivity contribution in [3.05, 3.63) is 96.1 Å². The predicted octanol–water partition coefficient (Wildman–Crippen LogP) is 4.90. The minimum atomic E-state index is -0.306. The van der Waals surface area contributed by atoms with Crippen LogP contribution in [0.1, 0.15) is 24.1 Å². The molecule has 0 aliphatic carbocycles. The van der Waals surface area contributed by atoms with E-state index >= 15 is 0 Å². The van der Waals surface area contributed by atoms with Crippen LogP contribution in [0.5, 0.6) is 11.5 Å². The first-order chi connectivity index (χ1) is 13.1. The highest BCUT2D eigenvalue weighted by molar-refractivity contribution is 5.91. The molecule has 1 aromatic heterocycles. The Morgan fingerprint density at radius 2 is 1.81 bits per heavy atom. The van der Waals surface area contributed by atoms with Crippen LogP contribution in [0.3, 0.4) is 0 Å². The number of pyridine rings is 1. The van der Waals surface area contributed by atoms with Crippen molar-refractivity contribution in [3.8, 4) is 11.5 Å². The summed E-state index contributed by atoms with van der Waals surface area (Å²) in [5, 5.41) is 2.90. The molecule has 1 amide bonds. The zero-order chi connectivity index (χ0) is 19.1. The molecule has 0 fully saturated rings. The highest BCUT2D eigenvalue weighted by Crippen LogP contribution is 2.24. The Morgan fingerprint density at radius 3 is 2.56 bits per heavy atom. The van der Waals surface area contributed by atoms with Gasteiger partial charge in [0.15, 0.2) is 0 Å². The van der Waals surface area contributed by atoms with E-state index in [1.165, 1.54) is 18.2 Å². The van der Waals surface area contributed by atoms with Crippen LogP contribution in [0, 0.1) is 5.82 Å². The van der Waals surface area contributed by atoms with Crippen LogP contribution < -0.4 is 10.1 Å². The van der Waals surface area contributed by atoms with Gasteiger partial charge in [0.05, 0.1) is 6.04 Å². The summed E-state index contributed by atoms with van der Waals surface area (Å²) >= 11 is 0. The zero-order valence-electron chi connectivity index (χ0n) is 14.8. The van der Waals surface area contributed by atoms with Crippen molar-refractivity contribution in [2.24, 2.45) is 0 Å². The summed E-state index contributed by atoms with van der Waals surface area (Å²) in [4.78, 5) is 16.1. The molecule has 2 aromatic carbocycles. The van der Waals surface area contributed by atoms with E-state index < -0.39 is 0 Å². The molecule has 0 aliphatic rings. The number of hydrogen-bond donors (Lipinski definition) is 1. The Kier molecular flexibility index (Phi) is 5.94. The van der Waals surface area contributed by atoms with Gasteiger partial charge in [-0.3, -0.25) is 9.78 Å².